The van der Waals surface area contributed by atoms with E-state index in [1.807, 2.05) is 18.2 Å². The third kappa shape index (κ3) is 3.50. The number of piperidine rings is 1. The monoisotopic (exact) mass is 373 g/mol. The van der Waals surface area contributed by atoms with E-state index in [1.165, 1.54) is 11.7 Å². The van der Waals surface area contributed by atoms with Crippen LogP contribution >= 0.6 is 23.1 Å². The lowest BCUT2D eigenvalue weighted by Crippen LogP contribution is -2.44. The standard InChI is InChI=1S/C17H19N5OS2/c1-2-16-20-13-4-3-11(9-14(13)24-16)17(23)19-12-5-7-22(8-6-12)15-10-18-25-21-15/h3-4,9-10,12H,2,5-8H2,1H3,(H,19,23). The Bertz CT molecular complexity index is 868. The molecule has 1 N–H and O–H groups in total. The summed E-state index contributed by atoms with van der Waals surface area (Å²) in [6, 6.07) is 5.97. The van der Waals surface area contributed by atoms with Crippen molar-refractivity contribution in [2.45, 2.75) is 32.2 Å². The SMILES string of the molecule is CCc1nc2ccc(C(=O)NC3CCN(c4cnsn4)CC3)cc2s1. The molecule has 0 bridgehead atoms. The molecule has 8 heteroatoms. The van der Waals surface area contributed by atoms with E-state index in [-0.39, 0.29) is 11.9 Å². The average Bonchev–Trinajstić information content (AvgIpc) is 3.31. The summed E-state index contributed by atoms with van der Waals surface area (Å²) in [5, 5.41) is 4.28. The lowest BCUT2D eigenvalue weighted by Gasteiger charge is -2.32. The van der Waals surface area contributed by atoms with Gasteiger partial charge in [0.25, 0.3) is 5.91 Å². The van der Waals surface area contributed by atoms with E-state index in [0.717, 1.165) is 53.4 Å². The average molecular weight is 374 g/mol. The zero-order valence-corrected chi connectivity index (χ0v) is 15.6. The molecule has 0 unspecified atom stereocenters. The van der Waals surface area contributed by atoms with Crippen molar-refractivity contribution in [1.82, 2.24) is 19.0 Å². The Morgan fingerprint density at radius 1 is 1.36 bits per heavy atom. The Balaban J connectivity index is 1.39. The summed E-state index contributed by atoms with van der Waals surface area (Å²) in [5.74, 6) is 0.944. The van der Waals surface area contributed by atoms with Crippen LogP contribution in [0.5, 0.6) is 0 Å². The highest BCUT2D eigenvalue weighted by atomic mass is 32.1. The number of carbonyl (C=O) groups is 1. The molecule has 1 saturated heterocycles. The van der Waals surface area contributed by atoms with Gasteiger partial charge in [0.15, 0.2) is 5.82 Å². The van der Waals surface area contributed by atoms with Gasteiger partial charge in [0, 0.05) is 24.7 Å². The van der Waals surface area contributed by atoms with E-state index in [2.05, 4.69) is 30.9 Å². The van der Waals surface area contributed by atoms with Crippen molar-refractivity contribution in [3.63, 3.8) is 0 Å². The number of nitrogens with one attached hydrogen (secondary N) is 1. The van der Waals surface area contributed by atoms with Crippen molar-refractivity contribution in [3.8, 4) is 0 Å². The topological polar surface area (TPSA) is 71.0 Å². The van der Waals surface area contributed by atoms with Crippen molar-refractivity contribution < 1.29 is 4.79 Å². The fourth-order valence-corrected chi connectivity index (χ4v) is 4.47. The lowest BCUT2D eigenvalue weighted by molar-refractivity contribution is 0.0931. The number of thiazole rings is 1. The van der Waals surface area contributed by atoms with Crippen LogP contribution in [0.2, 0.25) is 0 Å². The number of hydrogen-bond acceptors (Lipinski definition) is 7. The van der Waals surface area contributed by atoms with E-state index >= 15 is 0 Å². The molecular weight excluding hydrogens is 354 g/mol. The highest BCUT2D eigenvalue weighted by molar-refractivity contribution is 7.18. The van der Waals surface area contributed by atoms with E-state index < -0.39 is 0 Å². The second-order valence-corrected chi connectivity index (χ2v) is 7.82. The Morgan fingerprint density at radius 2 is 2.20 bits per heavy atom. The normalized spacial score (nSPS) is 15.6. The minimum atomic E-state index is 0.00197. The molecule has 1 amide bonds. The number of aryl methyl sites for hydroxylation is 1. The summed E-state index contributed by atoms with van der Waals surface area (Å²) in [5.41, 5.74) is 1.69. The van der Waals surface area contributed by atoms with Crippen molar-refractivity contribution in [2.75, 3.05) is 18.0 Å². The van der Waals surface area contributed by atoms with Crippen molar-refractivity contribution in [3.05, 3.63) is 35.0 Å². The molecule has 2 aromatic heterocycles. The molecular formula is C17H19N5OS2. The van der Waals surface area contributed by atoms with Crippen molar-refractivity contribution in [1.29, 1.82) is 0 Å². The smallest absolute Gasteiger partial charge is 0.251 e. The fourth-order valence-electron chi connectivity index (χ4n) is 3.09. The molecule has 130 valence electrons. The van der Waals surface area contributed by atoms with E-state index in [9.17, 15) is 4.79 Å². The molecule has 25 heavy (non-hydrogen) atoms. The first-order chi connectivity index (χ1) is 12.2. The fraction of sp³-hybridized carbons (Fsp3) is 0.412. The summed E-state index contributed by atoms with van der Waals surface area (Å²) in [6.07, 6.45) is 4.57. The minimum absolute atomic E-state index is 0.00197. The third-order valence-corrected chi connectivity index (χ3v) is 6.13. The van der Waals surface area contributed by atoms with Crippen LogP contribution in [0.15, 0.2) is 24.4 Å². The quantitative estimate of drug-likeness (QED) is 0.761. The first-order valence-corrected chi connectivity index (χ1v) is 10.0. The molecule has 4 rings (SSSR count). The number of carbonyl (C=O) groups excluding carboxylic acids is 1. The molecule has 1 aliphatic heterocycles. The largest absolute Gasteiger partial charge is 0.354 e. The number of nitrogens with zero attached hydrogens (tertiary/aromatic N) is 4. The van der Waals surface area contributed by atoms with Crippen LogP contribution in [-0.4, -0.2) is 38.8 Å². The van der Waals surface area contributed by atoms with Gasteiger partial charge in [-0.25, -0.2) is 4.98 Å². The van der Waals surface area contributed by atoms with Crippen LogP contribution in [0.3, 0.4) is 0 Å². The Kier molecular flexibility index (Phi) is 4.63. The van der Waals surface area contributed by atoms with Crippen LogP contribution in [0.1, 0.15) is 35.1 Å². The van der Waals surface area contributed by atoms with Gasteiger partial charge >= 0.3 is 0 Å². The molecule has 0 spiro atoms. The van der Waals surface area contributed by atoms with E-state index in [4.69, 9.17) is 0 Å². The summed E-state index contributed by atoms with van der Waals surface area (Å²) < 4.78 is 9.41. The van der Waals surface area contributed by atoms with Gasteiger partial charge in [-0.2, -0.15) is 8.75 Å². The molecule has 1 aliphatic rings. The van der Waals surface area contributed by atoms with Gasteiger partial charge in [-0.3, -0.25) is 4.79 Å². The van der Waals surface area contributed by atoms with Gasteiger partial charge in [-0.15, -0.1) is 11.3 Å². The zero-order chi connectivity index (χ0) is 17.2. The predicted molar refractivity (Wildman–Crippen MR) is 102 cm³/mol. The first kappa shape index (κ1) is 16.4. The number of aromatic nitrogens is 3. The van der Waals surface area contributed by atoms with Crippen molar-refractivity contribution in [2.24, 2.45) is 0 Å². The summed E-state index contributed by atoms with van der Waals surface area (Å²) in [4.78, 5) is 19.4. The van der Waals surface area contributed by atoms with Gasteiger partial charge in [0.1, 0.15) is 0 Å². The van der Waals surface area contributed by atoms with Crippen LogP contribution in [-0.2, 0) is 6.42 Å². The summed E-state index contributed by atoms with van der Waals surface area (Å²) in [7, 11) is 0. The zero-order valence-electron chi connectivity index (χ0n) is 13.9. The molecule has 0 atom stereocenters. The molecule has 3 aromatic rings. The molecule has 0 saturated carbocycles. The molecule has 0 radical (unpaired) electrons. The van der Waals surface area contributed by atoms with E-state index in [0.29, 0.717) is 5.56 Å². The van der Waals surface area contributed by atoms with Crippen LogP contribution in [0.25, 0.3) is 10.2 Å². The minimum Gasteiger partial charge on any atom is -0.354 e. The van der Waals surface area contributed by atoms with Crippen molar-refractivity contribution >= 4 is 45.0 Å². The predicted octanol–water partition coefficient (Wildman–Crippen LogP) is 3.11. The number of anilines is 1. The maximum Gasteiger partial charge on any atom is 0.251 e. The number of hydrogen-bond donors (Lipinski definition) is 1. The van der Waals surface area contributed by atoms with Gasteiger partial charge in [0.2, 0.25) is 0 Å². The molecule has 0 aliphatic carbocycles. The van der Waals surface area contributed by atoms with Gasteiger partial charge in [0.05, 0.1) is 33.1 Å². The number of rotatable bonds is 4. The van der Waals surface area contributed by atoms with E-state index in [1.54, 1.807) is 17.5 Å². The summed E-state index contributed by atoms with van der Waals surface area (Å²) in [6.45, 7) is 3.88. The maximum atomic E-state index is 12.6. The third-order valence-electron chi connectivity index (χ3n) is 4.50. The van der Waals surface area contributed by atoms with Gasteiger partial charge in [-0.1, -0.05) is 6.92 Å². The van der Waals surface area contributed by atoms with Gasteiger partial charge < -0.3 is 10.2 Å². The second kappa shape index (κ2) is 7.05. The molecule has 1 fully saturated rings. The lowest BCUT2D eigenvalue weighted by atomic mass is 10.0. The molecule has 3 heterocycles. The molecule has 6 nitrogen and oxygen atoms in total. The number of benzene rings is 1. The van der Waals surface area contributed by atoms with Crippen LogP contribution in [0, 0.1) is 0 Å². The van der Waals surface area contributed by atoms with Crippen LogP contribution in [0.4, 0.5) is 5.82 Å². The second-order valence-electron chi connectivity index (χ2n) is 6.14. The number of amides is 1. The maximum absolute atomic E-state index is 12.6. The summed E-state index contributed by atoms with van der Waals surface area (Å²) >= 11 is 2.89. The Labute approximate surface area is 154 Å². The highest BCUT2D eigenvalue weighted by Gasteiger charge is 2.22. The Hall–Kier alpha value is -2.06. The highest BCUT2D eigenvalue weighted by Crippen LogP contribution is 2.24. The Morgan fingerprint density at radius 3 is 2.92 bits per heavy atom. The first-order valence-electron chi connectivity index (χ1n) is 8.46. The number of fused-ring (bicyclic) bond motifs is 1. The molecule has 1 aromatic carbocycles. The van der Waals surface area contributed by atoms with Gasteiger partial charge in [-0.05, 0) is 37.5 Å². The van der Waals surface area contributed by atoms with Crippen LogP contribution < -0.4 is 10.2 Å².